The van der Waals surface area contributed by atoms with Gasteiger partial charge in [-0.1, -0.05) is 13.8 Å². The summed E-state index contributed by atoms with van der Waals surface area (Å²) in [7, 11) is 0. The van der Waals surface area contributed by atoms with Gasteiger partial charge in [0.1, 0.15) is 5.82 Å². The maximum atomic E-state index is 14.3. The van der Waals surface area contributed by atoms with Crippen molar-refractivity contribution in [2.45, 2.75) is 38.9 Å². The Balaban J connectivity index is 2.32. The third kappa shape index (κ3) is 4.91. The number of hydrogen-bond acceptors (Lipinski definition) is 2. The first kappa shape index (κ1) is 18.2. The zero-order chi connectivity index (χ0) is 17.0. The highest BCUT2D eigenvalue weighted by molar-refractivity contribution is 5.29. The Kier molecular flexibility index (Phi) is 6.03. The number of hydrogen-bond donors (Lipinski definition) is 1. The molecule has 0 aromatic heterocycles. The van der Waals surface area contributed by atoms with Crippen LogP contribution >= 0.6 is 0 Å². The van der Waals surface area contributed by atoms with Gasteiger partial charge in [0.15, 0.2) is 0 Å². The predicted octanol–water partition coefficient (Wildman–Crippen LogP) is 4.23. The van der Waals surface area contributed by atoms with Crippen LogP contribution in [0, 0.1) is 11.7 Å². The maximum Gasteiger partial charge on any atom is 0.416 e. The van der Waals surface area contributed by atoms with E-state index in [0.717, 1.165) is 50.8 Å². The molecule has 1 heterocycles. The van der Waals surface area contributed by atoms with Crippen molar-refractivity contribution >= 4 is 0 Å². The fourth-order valence-corrected chi connectivity index (χ4v) is 3.00. The maximum absolute atomic E-state index is 14.3. The smallest absolute Gasteiger partial charge is 0.314 e. The molecule has 2 nitrogen and oxygen atoms in total. The lowest BCUT2D eigenvalue weighted by Crippen LogP contribution is -2.45. The van der Waals surface area contributed by atoms with Crippen molar-refractivity contribution in [2.75, 3.05) is 26.2 Å². The molecule has 0 aliphatic carbocycles. The third-order valence-corrected chi connectivity index (χ3v) is 4.29. The minimum absolute atomic E-state index is 0.169. The fraction of sp³-hybridized carbons (Fsp3) is 0.647. The minimum atomic E-state index is -4.45. The van der Waals surface area contributed by atoms with E-state index in [0.29, 0.717) is 12.3 Å². The lowest BCUT2D eigenvalue weighted by Gasteiger charge is -2.36. The molecule has 1 atom stereocenters. The van der Waals surface area contributed by atoms with Gasteiger partial charge in [0.25, 0.3) is 0 Å². The summed E-state index contributed by atoms with van der Waals surface area (Å²) in [5.41, 5.74) is -0.610. The molecule has 1 aliphatic rings. The Hall–Kier alpha value is -1.14. The summed E-state index contributed by atoms with van der Waals surface area (Å²) in [6, 6.07) is 2.45. The third-order valence-electron chi connectivity index (χ3n) is 4.29. The highest BCUT2D eigenvalue weighted by Gasteiger charge is 2.33. The summed E-state index contributed by atoms with van der Waals surface area (Å²) in [4.78, 5) is 2.09. The minimum Gasteiger partial charge on any atom is -0.314 e. The molecule has 1 fully saturated rings. The van der Waals surface area contributed by atoms with Gasteiger partial charge < -0.3 is 5.32 Å². The van der Waals surface area contributed by atoms with Gasteiger partial charge in [-0.3, -0.25) is 4.90 Å². The number of halogens is 4. The Morgan fingerprint density at radius 3 is 2.35 bits per heavy atom. The number of nitrogens with zero attached hydrogens (tertiary/aromatic N) is 1. The Bertz CT molecular complexity index is 508. The molecule has 0 bridgehead atoms. The molecule has 0 spiro atoms. The van der Waals surface area contributed by atoms with Gasteiger partial charge >= 0.3 is 6.18 Å². The van der Waals surface area contributed by atoms with E-state index in [9.17, 15) is 17.6 Å². The number of rotatable bonds is 5. The van der Waals surface area contributed by atoms with E-state index in [4.69, 9.17) is 0 Å². The summed E-state index contributed by atoms with van der Waals surface area (Å²) in [5.74, 6) is -0.125. The number of nitrogens with one attached hydrogen (secondary N) is 1. The second-order valence-electron chi connectivity index (χ2n) is 6.51. The summed E-state index contributed by atoms with van der Waals surface area (Å²) >= 11 is 0. The van der Waals surface area contributed by atoms with Crippen LogP contribution in [0.2, 0.25) is 0 Å². The first-order valence-electron chi connectivity index (χ1n) is 8.10. The van der Waals surface area contributed by atoms with E-state index < -0.39 is 17.6 Å². The fourth-order valence-electron chi connectivity index (χ4n) is 3.00. The molecule has 0 amide bonds. The molecule has 1 aliphatic heterocycles. The van der Waals surface area contributed by atoms with Crippen LogP contribution in [-0.2, 0) is 6.18 Å². The zero-order valence-electron chi connectivity index (χ0n) is 13.6. The molecule has 1 aromatic rings. The molecular formula is C17H24F4N2. The summed E-state index contributed by atoms with van der Waals surface area (Å²) < 4.78 is 53.2. The molecule has 0 unspecified atom stereocenters. The highest BCUT2D eigenvalue weighted by Crippen LogP contribution is 2.35. The predicted molar refractivity (Wildman–Crippen MR) is 82.7 cm³/mol. The van der Waals surface area contributed by atoms with E-state index in [2.05, 4.69) is 24.1 Å². The Labute approximate surface area is 134 Å². The lowest BCUT2D eigenvalue weighted by atomic mass is 9.94. The van der Waals surface area contributed by atoms with Gasteiger partial charge in [-0.05, 0) is 37.0 Å². The van der Waals surface area contributed by atoms with Crippen molar-refractivity contribution in [1.29, 1.82) is 0 Å². The average molecular weight is 332 g/mol. The Morgan fingerprint density at radius 2 is 1.78 bits per heavy atom. The first-order chi connectivity index (χ1) is 10.8. The molecule has 1 saturated heterocycles. The van der Waals surface area contributed by atoms with Gasteiger partial charge in [0.2, 0.25) is 0 Å². The Morgan fingerprint density at radius 1 is 1.13 bits per heavy atom. The van der Waals surface area contributed by atoms with E-state index in [1.807, 2.05) is 0 Å². The summed E-state index contributed by atoms with van der Waals surface area (Å²) in [6.07, 6.45) is -2.94. The van der Waals surface area contributed by atoms with E-state index in [1.165, 1.54) is 0 Å². The van der Waals surface area contributed by atoms with Crippen molar-refractivity contribution in [2.24, 2.45) is 5.92 Å². The van der Waals surface area contributed by atoms with Crippen molar-refractivity contribution in [3.05, 3.63) is 35.1 Å². The van der Waals surface area contributed by atoms with Crippen LogP contribution in [0.15, 0.2) is 18.2 Å². The van der Waals surface area contributed by atoms with Crippen LogP contribution in [0.4, 0.5) is 17.6 Å². The zero-order valence-corrected chi connectivity index (χ0v) is 13.6. The molecule has 1 aromatic carbocycles. The van der Waals surface area contributed by atoms with Crippen LogP contribution in [-0.4, -0.2) is 31.1 Å². The largest absolute Gasteiger partial charge is 0.416 e. The van der Waals surface area contributed by atoms with E-state index >= 15 is 0 Å². The van der Waals surface area contributed by atoms with Gasteiger partial charge in [0, 0.05) is 37.8 Å². The molecule has 130 valence electrons. The van der Waals surface area contributed by atoms with Gasteiger partial charge in [-0.2, -0.15) is 13.2 Å². The van der Waals surface area contributed by atoms with Crippen LogP contribution in [0.3, 0.4) is 0 Å². The molecule has 0 saturated carbocycles. The second-order valence-corrected chi connectivity index (χ2v) is 6.51. The summed E-state index contributed by atoms with van der Waals surface area (Å²) in [5, 5.41) is 3.22. The molecule has 2 rings (SSSR count). The van der Waals surface area contributed by atoms with Crippen molar-refractivity contribution < 1.29 is 17.6 Å². The quantitative estimate of drug-likeness (QED) is 0.812. The van der Waals surface area contributed by atoms with Crippen LogP contribution in [0.5, 0.6) is 0 Å². The first-order valence-corrected chi connectivity index (χ1v) is 8.10. The number of benzene rings is 1. The van der Waals surface area contributed by atoms with Crippen LogP contribution in [0.25, 0.3) is 0 Å². The second kappa shape index (κ2) is 7.62. The number of piperazine rings is 1. The van der Waals surface area contributed by atoms with Crippen molar-refractivity contribution in [3.63, 3.8) is 0 Å². The average Bonchev–Trinajstić information content (AvgIpc) is 2.48. The lowest BCUT2D eigenvalue weighted by molar-refractivity contribution is -0.137. The molecule has 0 radical (unpaired) electrons. The molecular weight excluding hydrogens is 308 g/mol. The van der Waals surface area contributed by atoms with Gasteiger partial charge in [-0.25, -0.2) is 4.39 Å². The highest BCUT2D eigenvalue weighted by atomic mass is 19.4. The number of alkyl halides is 3. The summed E-state index contributed by atoms with van der Waals surface area (Å²) in [6.45, 7) is 7.13. The van der Waals surface area contributed by atoms with Crippen LogP contribution < -0.4 is 5.32 Å². The van der Waals surface area contributed by atoms with E-state index in [-0.39, 0.29) is 11.6 Å². The molecule has 6 heteroatoms. The van der Waals surface area contributed by atoms with E-state index in [1.54, 1.807) is 0 Å². The standard InChI is InChI=1S/C17H24F4N2/c1-12(2)3-6-16(23-9-7-22-8-10-23)14-11-13(17(19,20)21)4-5-15(14)18/h4-5,11-12,16,22H,3,6-10H2,1-2H3/t16-/m0/s1. The monoisotopic (exact) mass is 332 g/mol. The van der Waals surface area contributed by atoms with Crippen LogP contribution in [0.1, 0.15) is 43.9 Å². The van der Waals surface area contributed by atoms with Crippen molar-refractivity contribution in [1.82, 2.24) is 10.2 Å². The van der Waals surface area contributed by atoms with Crippen molar-refractivity contribution in [3.8, 4) is 0 Å². The SMILES string of the molecule is CC(C)CC[C@@H](c1cc(C(F)(F)F)ccc1F)N1CCNCC1. The normalized spacial score (nSPS) is 18.4. The van der Waals surface area contributed by atoms with Gasteiger partial charge in [0.05, 0.1) is 5.56 Å². The molecule has 1 N–H and O–H groups in total. The topological polar surface area (TPSA) is 15.3 Å². The van der Waals surface area contributed by atoms with Gasteiger partial charge in [-0.15, -0.1) is 0 Å². The molecule has 23 heavy (non-hydrogen) atoms.